The fraction of sp³-hybridized carbons (Fsp3) is 0.333. The number of rotatable bonds is 6. The third kappa shape index (κ3) is 4.78. The van der Waals surface area contributed by atoms with Crippen molar-refractivity contribution in [2.75, 3.05) is 25.0 Å². The highest BCUT2D eigenvalue weighted by atomic mass is 32.1. The smallest absolute Gasteiger partial charge is 0.269 e. The molecule has 0 unspecified atom stereocenters. The molecule has 150 valence electrons. The lowest BCUT2D eigenvalue weighted by Gasteiger charge is -2.30. The number of nitro benzene ring substituents is 1. The van der Waals surface area contributed by atoms with Crippen LogP contribution in [0.5, 0.6) is 0 Å². The van der Waals surface area contributed by atoms with Gasteiger partial charge in [0.25, 0.3) is 5.69 Å². The number of anilines is 1. The van der Waals surface area contributed by atoms with Gasteiger partial charge in [-0.1, -0.05) is 12.1 Å². The molecule has 29 heavy (non-hydrogen) atoms. The zero-order valence-electron chi connectivity index (χ0n) is 15.9. The molecule has 0 saturated carbocycles. The Bertz CT molecular complexity index is 977. The Balaban J connectivity index is 1.23. The predicted molar refractivity (Wildman–Crippen MR) is 114 cm³/mol. The molecule has 2 aromatic carbocycles. The molecule has 1 fully saturated rings. The van der Waals surface area contributed by atoms with Gasteiger partial charge in [-0.3, -0.25) is 14.9 Å². The fourth-order valence-corrected chi connectivity index (χ4v) is 4.75. The minimum Gasteiger partial charge on any atom is -0.326 e. The average molecular weight is 410 g/mol. The van der Waals surface area contributed by atoms with Crippen LogP contribution in [-0.2, 0) is 4.79 Å². The van der Waals surface area contributed by atoms with E-state index in [1.165, 1.54) is 21.8 Å². The fourth-order valence-electron chi connectivity index (χ4n) is 3.62. The highest BCUT2D eigenvalue weighted by molar-refractivity contribution is 7.18. The average Bonchev–Trinajstić information content (AvgIpc) is 3.17. The Hall–Kier alpha value is -2.84. The number of benzene rings is 2. The summed E-state index contributed by atoms with van der Waals surface area (Å²) in [7, 11) is 0. The first-order chi connectivity index (χ1) is 14.1. The van der Waals surface area contributed by atoms with E-state index in [1.54, 1.807) is 23.5 Å². The third-order valence-corrected chi connectivity index (χ3v) is 6.46. The number of likely N-dealkylation sites (tertiary alicyclic amines) is 1. The minimum atomic E-state index is -0.455. The summed E-state index contributed by atoms with van der Waals surface area (Å²) < 4.78 is 1.24. The first-order valence-electron chi connectivity index (χ1n) is 9.70. The molecular formula is C21H22N4O3S. The van der Waals surface area contributed by atoms with Crippen molar-refractivity contribution in [2.24, 2.45) is 0 Å². The maximum atomic E-state index is 12.2. The number of carbonyl (C=O) groups excluding carboxylic acids is 1. The number of carbonyl (C=O) groups is 1. The topological polar surface area (TPSA) is 88.4 Å². The normalized spacial score (nSPS) is 15.4. The maximum absolute atomic E-state index is 12.2. The van der Waals surface area contributed by atoms with Gasteiger partial charge in [0, 0.05) is 36.7 Å². The third-order valence-electron chi connectivity index (χ3n) is 5.26. The van der Waals surface area contributed by atoms with Crippen LogP contribution < -0.4 is 5.32 Å². The number of piperidine rings is 1. The summed E-state index contributed by atoms with van der Waals surface area (Å²) in [4.78, 5) is 29.5. The molecule has 1 N–H and O–H groups in total. The summed E-state index contributed by atoms with van der Waals surface area (Å²) in [5.41, 5.74) is 1.67. The zero-order valence-corrected chi connectivity index (χ0v) is 16.7. The zero-order chi connectivity index (χ0) is 20.2. The van der Waals surface area contributed by atoms with E-state index in [0.29, 0.717) is 24.6 Å². The van der Waals surface area contributed by atoms with Crippen LogP contribution in [-0.4, -0.2) is 40.3 Å². The van der Waals surface area contributed by atoms with E-state index >= 15 is 0 Å². The summed E-state index contributed by atoms with van der Waals surface area (Å²) in [6.45, 7) is 2.64. The first kappa shape index (κ1) is 19.5. The van der Waals surface area contributed by atoms with E-state index in [2.05, 4.69) is 28.4 Å². The second-order valence-electron chi connectivity index (χ2n) is 7.24. The minimum absolute atomic E-state index is 0.0130. The number of nitrogens with zero attached hydrogens (tertiary/aromatic N) is 3. The molecule has 7 nitrogen and oxygen atoms in total. The highest BCUT2D eigenvalue weighted by Gasteiger charge is 2.23. The van der Waals surface area contributed by atoms with Crippen molar-refractivity contribution in [1.29, 1.82) is 0 Å². The van der Waals surface area contributed by atoms with Crippen LogP contribution in [0.1, 0.15) is 30.2 Å². The predicted octanol–water partition coefficient (Wildman–Crippen LogP) is 4.41. The molecule has 8 heteroatoms. The van der Waals surface area contributed by atoms with Crippen LogP contribution in [0, 0.1) is 10.1 Å². The second-order valence-corrected chi connectivity index (χ2v) is 8.30. The number of amides is 1. The summed E-state index contributed by atoms with van der Waals surface area (Å²) in [5, 5.41) is 14.7. The molecule has 2 heterocycles. The number of aromatic nitrogens is 1. The van der Waals surface area contributed by atoms with E-state index in [0.717, 1.165) is 31.4 Å². The lowest BCUT2D eigenvalue weighted by molar-refractivity contribution is -0.384. The van der Waals surface area contributed by atoms with Gasteiger partial charge in [0.05, 0.1) is 20.1 Å². The Morgan fingerprint density at radius 2 is 1.90 bits per heavy atom. The lowest BCUT2D eigenvalue weighted by atomic mass is 9.97. The van der Waals surface area contributed by atoms with Gasteiger partial charge in [0.15, 0.2) is 0 Å². The molecule has 0 radical (unpaired) electrons. The van der Waals surface area contributed by atoms with Crippen LogP contribution in [0.15, 0.2) is 48.5 Å². The van der Waals surface area contributed by atoms with Gasteiger partial charge >= 0.3 is 0 Å². The van der Waals surface area contributed by atoms with Crippen molar-refractivity contribution in [3.8, 4) is 0 Å². The Kier molecular flexibility index (Phi) is 5.82. The molecule has 1 saturated heterocycles. The van der Waals surface area contributed by atoms with Crippen molar-refractivity contribution >= 4 is 38.8 Å². The van der Waals surface area contributed by atoms with Gasteiger partial charge in [-0.25, -0.2) is 4.98 Å². The summed E-state index contributed by atoms with van der Waals surface area (Å²) >= 11 is 1.79. The van der Waals surface area contributed by atoms with Gasteiger partial charge < -0.3 is 10.2 Å². The lowest BCUT2D eigenvalue weighted by Crippen LogP contribution is -2.35. The molecular weight excluding hydrogens is 388 g/mol. The standard InChI is InChI=1S/C21H22N4O3S/c26-20(22-16-5-7-17(8-6-16)25(27)28)11-14-24-12-9-15(10-13-24)21-23-18-3-1-2-4-19(18)29-21/h1-8,15H,9-14H2,(H,22,26). The largest absolute Gasteiger partial charge is 0.326 e. The summed E-state index contributed by atoms with van der Waals surface area (Å²) in [5.74, 6) is 0.421. The Morgan fingerprint density at radius 1 is 1.17 bits per heavy atom. The molecule has 3 aromatic rings. The number of non-ortho nitro benzene ring substituents is 1. The second kappa shape index (κ2) is 8.67. The number of thiazole rings is 1. The van der Waals surface area contributed by atoms with Crippen molar-refractivity contribution < 1.29 is 9.72 Å². The van der Waals surface area contributed by atoms with Gasteiger partial charge in [-0.05, 0) is 50.2 Å². The molecule has 0 bridgehead atoms. The quantitative estimate of drug-likeness (QED) is 0.480. The van der Waals surface area contributed by atoms with E-state index in [4.69, 9.17) is 4.98 Å². The van der Waals surface area contributed by atoms with E-state index in [9.17, 15) is 14.9 Å². The van der Waals surface area contributed by atoms with Crippen molar-refractivity contribution in [2.45, 2.75) is 25.2 Å². The van der Waals surface area contributed by atoms with Crippen LogP contribution in [0.3, 0.4) is 0 Å². The van der Waals surface area contributed by atoms with Gasteiger partial charge in [0.2, 0.25) is 5.91 Å². The molecule has 1 aromatic heterocycles. The molecule has 0 aliphatic carbocycles. The number of fused-ring (bicyclic) bond motifs is 1. The number of nitro groups is 1. The Labute approximate surface area is 172 Å². The number of para-hydroxylation sites is 1. The van der Waals surface area contributed by atoms with Gasteiger partial charge in [-0.2, -0.15) is 0 Å². The maximum Gasteiger partial charge on any atom is 0.269 e. The van der Waals surface area contributed by atoms with Crippen molar-refractivity contribution in [3.05, 3.63) is 63.7 Å². The monoisotopic (exact) mass is 410 g/mol. The van der Waals surface area contributed by atoms with Gasteiger partial charge in [-0.15, -0.1) is 11.3 Å². The van der Waals surface area contributed by atoms with Gasteiger partial charge in [0.1, 0.15) is 0 Å². The Morgan fingerprint density at radius 3 is 2.59 bits per heavy atom. The van der Waals surface area contributed by atoms with Crippen LogP contribution in [0.2, 0.25) is 0 Å². The van der Waals surface area contributed by atoms with E-state index in [1.807, 2.05) is 6.07 Å². The van der Waals surface area contributed by atoms with Crippen molar-refractivity contribution in [1.82, 2.24) is 9.88 Å². The summed E-state index contributed by atoms with van der Waals surface area (Å²) in [6.07, 6.45) is 2.52. The first-order valence-corrected chi connectivity index (χ1v) is 10.5. The van der Waals surface area contributed by atoms with Crippen molar-refractivity contribution in [3.63, 3.8) is 0 Å². The number of hydrogen-bond acceptors (Lipinski definition) is 6. The molecule has 1 aliphatic rings. The highest BCUT2D eigenvalue weighted by Crippen LogP contribution is 2.33. The number of nitrogens with one attached hydrogen (secondary N) is 1. The molecule has 4 rings (SSSR count). The SMILES string of the molecule is O=C(CCN1CCC(c2nc3ccccc3s2)CC1)Nc1ccc([N+](=O)[O-])cc1. The number of hydrogen-bond donors (Lipinski definition) is 1. The van der Waals surface area contributed by atoms with E-state index in [-0.39, 0.29) is 11.6 Å². The molecule has 1 aliphatic heterocycles. The van der Waals surface area contributed by atoms with Crippen LogP contribution >= 0.6 is 11.3 Å². The van der Waals surface area contributed by atoms with Crippen LogP contribution in [0.4, 0.5) is 11.4 Å². The molecule has 0 spiro atoms. The summed E-state index contributed by atoms with van der Waals surface area (Å²) in [6, 6.07) is 14.2. The van der Waals surface area contributed by atoms with E-state index < -0.39 is 4.92 Å². The van der Waals surface area contributed by atoms with Crippen LogP contribution in [0.25, 0.3) is 10.2 Å². The molecule has 0 atom stereocenters. The molecule has 1 amide bonds.